The normalized spacial score (nSPS) is 10.2. The fraction of sp³-hybridized carbons (Fsp3) is 0.417. The van der Waals surface area contributed by atoms with Crippen molar-refractivity contribution in [1.29, 1.82) is 0 Å². The van der Waals surface area contributed by atoms with Crippen LogP contribution in [-0.2, 0) is 4.79 Å². The van der Waals surface area contributed by atoms with Gasteiger partial charge in [0.25, 0.3) is 0 Å². The van der Waals surface area contributed by atoms with Crippen LogP contribution in [0.25, 0.3) is 0 Å². The maximum atomic E-state index is 11.1. The smallest absolute Gasteiger partial charge is 0.221 e. The summed E-state index contributed by atoms with van der Waals surface area (Å²) in [6.45, 7) is 7.22. The maximum Gasteiger partial charge on any atom is 0.221 e. The van der Waals surface area contributed by atoms with E-state index in [1.807, 2.05) is 26.8 Å². The van der Waals surface area contributed by atoms with Crippen molar-refractivity contribution in [1.82, 2.24) is 0 Å². The van der Waals surface area contributed by atoms with Gasteiger partial charge in [-0.15, -0.1) is 11.8 Å². The number of phenolic OH excluding ortho intramolecular Hbond substituents is 1. The number of aryl methyl sites for hydroxylation is 1. The monoisotopic (exact) mass is 239 g/mol. The topological polar surface area (TPSA) is 49.3 Å². The third-order valence-corrected chi connectivity index (χ3v) is 3.38. The summed E-state index contributed by atoms with van der Waals surface area (Å²) in [5.74, 6) is 1.11. The highest BCUT2D eigenvalue weighted by atomic mass is 32.2. The van der Waals surface area contributed by atoms with E-state index in [-0.39, 0.29) is 5.91 Å². The number of anilines is 1. The largest absolute Gasteiger partial charge is 0.507 e. The molecule has 0 spiro atoms. The molecule has 0 unspecified atom stereocenters. The lowest BCUT2D eigenvalue weighted by Crippen LogP contribution is -2.08. The second kappa shape index (κ2) is 5.25. The molecule has 1 rings (SSSR count). The minimum Gasteiger partial charge on any atom is -0.507 e. The molecule has 1 aromatic rings. The standard InChI is InChI=1S/C12H17NO2S/c1-5-16-12-8(3)11(15)7(2)6-10(12)13-9(4)14/h6,15H,5H2,1-4H3,(H,13,14). The minimum absolute atomic E-state index is 0.0950. The lowest BCUT2D eigenvalue weighted by atomic mass is 10.1. The molecule has 1 aromatic carbocycles. The lowest BCUT2D eigenvalue weighted by molar-refractivity contribution is -0.114. The van der Waals surface area contributed by atoms with E-state index in [2.05, 4.69) is 5.32 Å². The van der Waals surface area contributed by atoms with Gasteiger partial charge in [0, 0.05) is 17.4 Å². The summed E-state index contributed by atoms with van der Waals surface area (Å²) in [6.07, 6.45) is 0. The van der Waals surface area contributed by atoms with E-state index >= 15 is 0 Å². The molecule has 0 aliphatic carbocycles. The summed E-state index contributed by atoms with van der Waals surface area (Å²) in [7, 11) is 0. The molecule has 0 heterocycles. The Morgan fingerprint density at radius 2 is 2.12 bits per heavy atom. The van der Waals surface area contributed by atoms with E-state index in [1.54, 1.807) is 11.8 Å². The average Bonchev–Trinajstić information content (AvgIpc) is 2.20. The van der Waals surface area contributed by atoms with E-state index in [4.69, 9.17) is 0 Å². The van der Waals surface area contributed by atoms with Crippen LogP contribution in [0.1, 0.15) is 25.0 Å². The predicted molar refractivity (Wildman–Crippen MR) is 68.3 cm³/mol. The first kappa shape index (κ1) is 12.9. The zero-order valence-corrected chi connectivity index (χ0v) is 10.9. The van der Waals surface area contributed by atoms with Gasteiger partial charge >= 0.3 is 0 Å². The van der Waals surface area contributed by atoms with Gasteiger partial charge in [-0.2, -0.15) is 0 Å². The first-order valence-corrected chi connectivity index (χ1v) is 6.19. The average molecular weight is 239 g/mol. The van der Waals surface area contributed by atoms with Crippen molar-refractivity contribution in [3.63, 3.8) is 0 Å². The van der Waals surface area contributed by atoms with Crippen molar-refractivity contribution in [3.05, 3.63) is 17.2 Å². The Balaban J connectivity index is 3.28. The van der Waals surface area contributed by atoms with Crippen molar-refractivity contribution >= 4 is 23.4 Å². The van der Waals surface area contributed by atoms with E-state index < -0.39 is 0 Å². The van der Waals surface area contributed by atoms with Crippen LogP contribution in [0.3, 0.4) is 0 Å². The summed E-state index contributed by atoms with van der Waals surface area (Å²) in [5.41, 5.74) is 2.39. The van der Waals surface area contributed by atoms with E-state index in [9.17, 15) is 9.90 Å². The molecule has 0 atom stereocenters. The Kier molecular flexibility index (Phi) is 4.24. The van der Waals surface area contributed by atoms with Gasteiger partial charge < -0.3 is 10.4 Å². The van der Waals surface area contributed by atoms with E-state index in [0.29, 0.717) is 5.75 Å². The molecule has 88 valence electrons. The molecule has 0 fully saturated rings. The molecule has 1 amide bonds. The number of aromatic hydroxyl groups is 1. The quantitative estimate of drug-likeness (QED) is 0.629. The number of carbonyl (C=O) groups excluding carboxylic acids is 1. The number of rotatable bonds is 3. The molecule has 0 saturated heterocycles. The van der Waals surface area contributed by atoms with Crippen molar-refractivity contribution in [2.45, 2.75) is 32.6 Å². The Morgan fingerprint density at radius 3 is 2.62 bits per heavy atom. The van der Waals surface area contributed by atoms with E-state index in [0.717, 1.165) is 27.5 Å². The first-order valence-electron chi connectivity index (χ1n) is 5.20. The Labute approximate surface area is 100 Å². The van der Waals surface area contributed by atoms with Crippen molar-refractivity contribution in [3.8, 4) is 5.75 Å². The summed E-state index contributed by atoms with van der Waals surface area (Å²) < 4.78 is 0. The predicted octanol–water partition coefficient (Wildman–Crippen LogP) is 3.08. The number of hydrogen-bond acceptors (Lipinski definition) is 3. The summed E-state index contributed by atoms with van der Waals surface area (Å²) in [5, 5.41) is 12.6. The molecule has 0 aromatic heterocycles. The molecule has 2 N–H and O–H groups in total. The highest BCUT2D eigenvalue weighted by Crippen LogP contribution is 2.37. The van der Waals surface area contributed by atoms with Crippen LogP contribution in [0.2, 0.25) is 0 Å². The third-order valence-electron chi connectivity index (χ3n) is 2.27. The minimum atomic E-state index is -0.0950. The van der Waals surface area contributed by atoms with Gasteiger partial charge in [0.2, 0.25) is 5.91 Å². The number of nitrogens with one attached hydrogen (secondary N) is 1. The number of hydrogen-bond donors (Lipinski definition) is 2. The number of benzene rings is 1. The third kappa shape index (κ3) is 2.70. The van der Waals surface area contributed by atoms with Crippen LogP contribution in [0.15, 0.2) is 11.0 Å². The van der Waals surface area contributed by atoms with Crippen LogP contribution >= 0.6 is 11.8 Å². The van der Waals surface area contributed by atoms with Gasteiger partial charge in [-0.1, -0.05) is 6.92 Å². The van der Waals surface area contributed by atoms with Gasteiger partial charge in [-0.25, -0.2) is 0 Å². The van der Waals surface area contributed by atoms with Crippen molar-refractivity contribution in [2.24, 2.45) is 0 Å². The maximum absolute atomic E-state index is 11.1. The zero-order valence-electron chi connectivity index (χ0n) is 10.0. The first-order chi connectivity index (χ1) is 7.47. The summed E-state index contributed by atoms with van der Waals surface area (Å²) >= 11 is 1.62. The van der Waals surface area contributed by atoms with Crippen LogP contribution in [0.4, 0.5) is 5.69 Å². The Hall–Kier alpha value is -1.16. The van der Waals surface area contributed by atoms with Crippen LogP contribution in [0, 0.1) is 13.8 Å². The Morgan fingerprint density at radius 1 is 1.50 bits per heavy atom. The molecule has 0 aliphatic heterocycles. The molecule has 4 heteroatoms. The molecule has 16 heavy (non-hydrogen) atoms. The highest BCUT2D eigenvalue weighted by molar-refractivity contribution is 7.99. The summed E-state index contributed by atoms with van der Waals surface area (Å²) in [6, 6.07) is 1.81. The molecule has 3 nitrogen and oxygen atoms in total. The van der Waals surface area contributed by atoms with Gasteiger partial charge in [-0.05, 0) is 31.2 Å². The fourth-order valence-electron chi connectivity index (χ4n) is 1.57. The van der Waals surface area contributed by atoms with Crippen molar-refractivity contribution < 1.29 is 9.90 Å². The SMILES string of the molecule is CCSc1c(NC(C)=O)cc(C)c(O)c1C. The number of phenols is 1. The van der Waals surface area contributed by atoms with Crippen LogP contribution in [0.5, 0.6) is 5.75 Å². The number of thioether (sulfide) groups is 1. The zero-order chi connectivity index (χ0) is 12.3. The molecule has 0 bridgehead atoms. The Bertz CT molecular complexity index is 416. The van der Waals surface area contributed by atoms with Gasteiger partial charge in [-0.3, -0.25) is 4.79 Å². The molecule has 0 saturated carbocycles. The summed E-state index contributed by atoms with van der Waals surface area (Å²) in [4.78, 5) is 12.0. The lowest BCUT2D eigenvalue weighted by Gasteiger charge is -2.15. The van der Waals surface area contributed by atoms with Crippen LogP contribution in [-0.4, -0.2) is 16.8 Å². The number of amides is 1. The highest BCUT2D eigenvalue weighted by Gasteiger charge is 2.13. The molecule has 0 radical (unpaired) electrons. The molecule has 0 aliphatic rings. The van der Waals surface area contributed by atoms with Gasteiger partial charge in [0.1, 0.15) is 5.75 Å². The number of carbonyl (C=O) groups is 1. The van der Waals surface area contributed by atoms with Gasteiger partial charge in [0.05, 0.1) is 5.69 Å². The fourth-order valence-corrected chi connectivity index (χ4v) is 2.44. The van der Waals surface area contributed by atoms with Crippen molar-refractivity contribution in [2.75, 3.05) is 11.1 Å². The second-order valence-electron chi connectivity index (χ2n) is 3.66. The van der Waals surface area contributed by atoms with Gasteiger partial charge in [0.15, 0.2) is 0 Å². The second-order valence-corrected chi connectivity index (χ2v) is 4.93. The van der Waals surface area contributed by atoms with Crippen LogP contribution < -0.4 is 5.32 Å². The molecular formula is C12H17NO2S. The molecular weight excluding hydrogens is 222 g/mol. The van der Waals surface area contributed by atoms with E-state index in [1.165, 1.54) is 6.92 Å².